The average molecular weight is 296 g/mol. The van der Waals surface area contributed by atoms with Gasteiger partial charge in [0.15, 0.2) is 0 Å². The van der Waals surface area contributed by atoms with E-state index in [1.165, 1.54) is 18.2 Å². The van der Waals surface area contributed by atoms with Crippen LogP contribution in [0.1, 0.15) is 11.6 Å². The number of benzene rings is 2. The molecule has 3 nitrogen and oxygen atoms in total. The van der Waals surface area contributed by atoms with E-state index in [0.717, 1.165) is 5.69 Å². The number of anilines is 1. The maximum absolute atomic E-state index is 12.2. The molecule has 0 aliphatic rings. The van der Waals surface area contributed by atoms with Crippen LogP contribution in [0, 0.1) is 0 Å². The molecule has 1 unspecified atom stereocenters. The Balaban J connectivity index is 2.16. The van der Waals surface area contributed by atoms with Crippen molar-refractivity contribution in [3.63, 3.8) is 0 Å². The van der Waals surface area contributed by atoms with Crippen molar-refractivity contribution in [1.82, 2.24) is 0 Å². The Kier molecular flexibility index (Phi) is 4.70. The number of nitrogens with two attached hydrogens (primary N) is 1. The van der Waals surface area contributed by atoms with E-state index >= 15 is 0 Å². The zero-order valence-electron chi connectivity index (χ0n) is 11.1. The zero-order chi connectivity index (χ0) is 15.3. The molecule has 2 aromatic rings. The molecule has 112 valence electrons. The van der Waals surface area contributed by atoms with Gasteiger partial charge in [0.2, 0.25) is 0 Å². The van der Waals surface area contributed by atoms with Gasteiger partial charge in [0.25, 0.3) is 0 Å². The monoisotopic (exact) mass is 296 g/mol. The van der Waals surface area contributed by atoms with Crippen LogP contribution in [0.5, 0.6) is 5.75 Å². The minimum absolute atomic E-state index is 0.240. The summed E-state index contributed by atoms with van der Waals surface area (Å²) in [7, 11) is 0. The molecule has 0 saturated carbocycles. The second-order valence-corrected chi connectivity index (χ2v) is 4.42. The molecule has 0 aliphatic heterocycles. The highest BCUT2D eigenvalue weighted by atomic mass is 19.4. The van der Waals surface area contributed by atoms with E-state index < -0.39 is 6.36 Å². The maximum Gasteiger partial charge on any atom is 0.573 e. The highest BCUT2D eigenvalue weighted by Crippen LogP contribution is 2.26. The summed E-state index contributed by atoms with van der Waals surface area (Å²) in [4.78, 5) is 0. The summed E-state index contributed by atoms with van der Waals surface area (Å²) < 4.78 is 40.6. The van der Waals surface area contributed by atoms with Gasteiger partial charge in [0, 0.05) is 12.2 Å². The van der Waals surface area contributed by atoms with Crippen LogP contribution < -0.4 is 15.8 Å². The Bertz CT molecular complexity index is 573. The van der Waals surface area contributed by atoms with Crippen LogP contribution in [0.2, 0.25) is 0 Å². The molecule has 0 saturated heterocycles. The lowest BCUT2D eigenvalue weighted by Crippen LogP contribution is -2.21. The molecular formula is C15H15F3N2O. The molecule has 0 radical (unpaired) electrons. The summed E-state index contributed by atoms with van der Waals surface area (Å²) >= 11 is 0. The first kappa shape index (κ1) is 15.2. The number of hydrogen-bond donors (Lipinski definition) is 2. The Morgan fingerprint density at radius 3 is 2.38 bits per heavy atom. The molecular weight excluding hydrogens is 281 g/mol. The van der Waals surface area contributed by atoms with E-state index in [9.17, 15) is 13.2 Å². The second-order valence-electron chi connectivity index (χ2n) is 4.42. The summed E-state index contributed by atoms with van der Waals surface area (Å²) in [6.45, 7) is 0.240. The molecule has 0 heterocycles. The fraction of sp³-hybridized carbons (Fsp3) is 0.200. The summed E-state index contributed by atoms with van der Waals surface area (Å²) in [5.74, 6) is -0.256. The van der Waals surface area contributed by atoms with Gasteiger partial charge in [0.1, 0.15) is 5.75 Å². The van der Waals surface area contributed by atoms with Crippen LogP contribution >= 0.6 is 0 Å². The first-order chi connectivity index (χ1) is 9.98. The topological polar surface area (TPSA) is 47.3 Å². The largest absolute Gasteiger partial charge is 0.573 e. The lowest BCUT2D eigenvalue weighted by atomic mass is 10.1. The van der Waals surface area contributed by atoms with Crippen molar-refractivity contribution in [3.05, 3.63) is 60.2 Å². The number of halogens is 3. The summed E-state index contributed by atoms with van der Waals surface area (Å²) in [5, 5.41) is 3.17. The van der Waals surface area contributed by atoms with Gasteiger partial charge >= 0.3 is 6.36 Å². The number of hydrogen-bond acceptors (Lipinski definition) is 3. The minimum atomic E-state index is -4.70. The van der Waals surface area contributed by atoms with Crippen LogP contribution in [-0.4, -0.2) is 12.9 Å². The quantitative estimate of drug-likeness (QED) is 0.884. The van der Waals surface area contributed by atoms with Crippen molar-refractivity contribution < 1.29 is 17.9 Å². The van der Waals surface area contributed by atoms with E-state index in [-0.39, 0.29) is 18.3 Å². The van der Waals surface area contributed by atoms with Crippen LogP contribution in [0.4, 0.5) is 18.9 Å². The van der Waals surface area contributed by atoms with Crippen LogP contribution in [0.3, 0.4) is 0 Å². The number of ether oxygens (including phenoxy) is 1. The SMILES string of the molecule is NCC(Nc1ccccc1)c1cccc(OC(F)(F)F)c1. The fourth-order valence-corrected chi connectivity index (χ4v) is 1.94. The molecule has 0 aliphatic carbocycles. The van der Waals surface area contributed by atoms with Crippen molar-refractivity contribution >= 4 is 5.69 Å². The van der Waals surface area contributed by atoms with Crippen molar-refractivity contribution in [1.29, 1.82) is 0 Å². The fourth-order valence-electron chi connectivity index (χ4n) is 1.94. The van der Waals surface area contributed by atoms with Gasteiger partial charge in [-0.25, -0.2) is 0 Å². The molecule has 0 fully saturated rings. The standard InChI is InChI=1S/C15H15F3N2O/c16-15(17,18)21-13-8-4-5-11(9-13)14(10-19)20-12-6-2-1-3-7-12/h1-9,14,20H,10,19H2. The molecule has 3 N–H and O–H groups in total. The van der Waals surface area contributed by atoms with E-state index in [1.807, 2.05) is 30.3 Å². The molecule has 2 rings (SSSR count). The second kappa shape index (κ2) is 6.49. The average Bonchev–Trinajstić information content (AvgIpc) is 2.44. The highest BCUT2D eigenvalue weighted by Gasteiger charge is 2.31. The van der Waals surface area contributed by atoms with Gasteiger partial charge in [-0.05, 0) is 29.8 Å². The summed E-state index contributed by atoms with van der Waals surface area (Å²) in [6, 6.07) is 14.8. The van der Waals surface area contributed by atoms with E-state index in [0.29, 0.717) is 5.56 Å². The van der Waals surface area contributed by atoms with Crippen molar-refractivity contribution in [2.24, 2.45) is 5.73 Å². The number of nitrogens with one attached hydrogen (secondary N) is 1. The Hall–Kier alpha value is -2.21. The highest BCUT2D eigenvalue weighted by molar-refractivity contribution is 5.46. The number of rotatable bonds is 5. The third-order valence-electron chi connectivity index (χ3n) is 2.84. The van der Waals surface area contributed by atoms with E-state index in [2.05, 4.69) is 10.1 Å². The molecule has 0 spiro atoms. The van der Waals surface area contributed by atoms with E-state index in [1.54, 1.807) is 6.07 Å². The van der Waals surface area contributed by atoms with Crippen LogP contribution in [0.15, 0.2) is 54.6 Å². The third kappa shape index (κ3) is 4.68. The smallest absolute Gasteiger partial charge is 0.406 e. The molecule has 1 atom stereocenters. The summed E-state index contributed by atoms with van der Waals surface area (Å²) in [6.07, 6.45) is -4.70. The Morgan fingerprint density at radius 2 is 1.76 bits per heavy atom. The van der Waals surface area contributed by atoms with Gasteiger partial charge in [0.05, 0.1) is 6.04 Å². The minimum Gasteiger partial charge on any atom is -0.406 e. The third-order valence-corrected chi connectivity index (χ3v) is 2.84. The van der Waals surface area contributed by atoms with Gasteiger partial charge < -0.3 is 15.8 Å². The lowest BCUT2D eigenvalue weighted by Gasteiger charge is -2.19. The van der Waals surface area contributed by atoms with Gasteiger partial charge in [-0.2, -0.15) is 0 Å². The Labute approximate surface area is 120 Å². The first-order valence-corrected chi connectivity index (χ1v) is 6.35. The lowest BCUT2D eigenvalue weighted by molar-refractivity contribution is -0.274. The van der Waals surface area contributed by atoms with Gasteiger partial charge in [-0.1, -0.05) is 30.3 Å². The molecule has 2 aromatic carbocycles. The zero-order valence-corrected chi connectivity index (χ0v) is 11.1. The molecule has 6 heteroatoms. The predicted octanol–water partition coefficient (Wildman–Crippen LogP) is 3.70. The summed E-state index contributed by atoms with van der Waals surface area (Å²) in [5.41, 5.74) is 7.17. The van der Waals surface area contributed by atoms with Crippen molar-refractivity contribution in [2.75, 3.05) is 11.9 Å². The molecule has 0 bridgehead atoms. The predicted molar refractivity (Wildman–Crippen MR) is 75.0 cm³/mol. The van der Waals surface area contributed by atoms with E-state index in [4.69, 9.17) is 5.73 Å². The van der Waals surface area contributed by atoms with Gasteiger partial charge in [-0.15, -0.1) is 13.2 Å². The Morgan fingerprint density at radius 1 is 1.05 bits per heavy atom. The molecule has 21 heavy (non-hydrogen) atoms. The van der Waals surface area contributed by atoms with Crippen LogP contribution in [-0.2, 0) is 0 Å². The van der Waals surface area contributed by atoms with Crippen molar-refractivity contribution in [2.45, 2.75) is 12.4 Å². The normalized spacial score (nSPS) is 12.8. The molecule has 0 amide bonds. The van der Waals surface area contributed by atoms with Crippen molar-refractivity contribution in [3.8, 4) is 5.75 Å². The number of alkyl halides is 3. The number of para-hydroxylation sites is 1. The molecule has 0 aromatic heterocycles. The van der Waals surface area contributed by atoms with Gasteiger partial charge in [-0.3, -0.25) is 0 Å². The van der Waals surface area contributed by atoms with Crippen LogP contribution in [0.25, 0.3) is 0 Å². The maximum atomic E-state index is 12.2. The first-order valence-electron chi connectivity index (χ1n) is 6.35.